The number of fused-ring (bicyclic) bond motifs is 1. The second-order valence-corrected chi connectivity index (χ2v) is 5.63. The number of carbonyl (C=O) groups is 2. The lowest BCUT2D eigenvalue weighted by Crippen LogP contribution is -2.12. The predicted octanol–water partition coefficient (Wildman–Crippen LogP) is 3.06. The van der Waals surface area contributed by atoms with Crippen LogP contribution in [0.5, 0.6) is 0 Å². The molecule has 0 atom stereocenters. The third-order valence-corrected chi connectivity index (χ3v) is 3.78. The second-order valence-electron chi connectivity index (χ2n) is 5.63. The lowest BCUT2D eigenvalue weighted by Gasteiger charge is -2.07. The van der Waals surface area contributed by atoms with E-state index in [-0.39, 0.29) is 11.8 Å². The summed E-state index contributed by atoms with van der Waals surface area (Å²) < 4.78 is 0. The van der Waals surface area contributed by atoms with E-state index in [1.165, 1.54) is 5.56 Å². The van der Waals surface area contributed by atoms with Crippen LogP contribution in [0.1, 0.15) is 23.1 Å². The summed E-state index contributed by atoms with van der Waals surface area (Å²) in [5.74, 6) is -0.0179. The zero-order valence-corrected chi connectivity index (χ0v) is 12.5. The van der Waals surface area contributed by atoms with Gasteiger partial charge in [0, 0.05) is 17.8 Å². The Balaban J connectivity index is 1.57. The van der Waals surface area contributed by atoms with Crippen LogP contribution in [-0.2, 0) is 22.4 Å². The molecule has 2 aromatic carbocycles. The lowest BCUT2D eigenvalue weighted by molar-refractivity contribution is -0.116. The molecule has 1 aliphatic rings. The molecule has 0 radical (unpaired) electrons. The van der Waals surface area contributed by atoms with Crippen molar-refractivity contribution >= 4 is 23.2 Å². The molecule has 4 heteroatoms. The van der Waals surface area contributed by atoms with E-state index in [1.807, 2.05) is 25.1 Å². The van der Waals surface area contributed by atoms with Gasteiger partial charge in [-0.05, 0) is 42.7 Å². The maximum Gasteiger partial charge on any atom is 0.228 e. The summed E-state index contributed by atoms with van der Waals surface area (Å²) in [6.45, 7) is 2.05. The van der Waals surface area contributed by atoms with Gasteiger partial charge in [0.25, 0.3) is 0 Å². The summed E-state index contributed by atoms with van der Waals surface area (Å²) in [6.07, 6.45) is 1.54. The number of carbonyl (C=O) groups excluding carboxylic acids is 2. The summed E-state index contributed by atoms with van der Waals surface area (Å²) in [5.41, 5.74) is 4.88. The van der Waals surface area contributed by atoms with E-state index >= 15 is 0 Å². The third-order valence-electron chi connectivity index (χ3n) is 3.78. The Labute approximate surface area is 129 Å². The van der Waals surface area contributed by atoms with Crippen LogP contribution in [0.2, 0.25) is 0 Å². The molecule has 4 nitrogen and oxygen atoms in total. The maximum absolute atomic E-state index is 12.0. The molecule has 22 heavy (non-hydrogen) atoms. The van der Waals surface area contributed by atoms with Gasteiger partial charge in [0.1, 0.15) is 0 Å². The van der Waals surface area contributed by atoms with Gasteiger partial charge in [-0.25, -0.2) is 0 Å². The monoisotopic (exact) mass is 294 g/mol. The summed E-state index contributed by atoms with van der Waals surface area (Å²) in [4.78, 5) is 23.3. The van der Waals surface area contributed by atoms with Crippen LogP contribution in [-0.4, -0.2) is 11.8 Å². The van der Waals surface area contributed by atoms with E-state index in [0.717, 1.165) is 28.9 Å². The van der Waals surface area contributed by atoms with Crippen molar-refractivity contribution in [3.63, 3.8) is 0 Å². The molecule has 1 aliphatic heterocycles. The van der Waals surface area contributed by atoms with Gasteiger partial charge >= 0.3 is 0 Å². The van der Waals surface area contributed by atoms with Gasteiger partial charge in [-0.15, -0.1) is 0 Å². The highest BCUT2D eigenvalue weighted by Gasteiger charge is 2.17. The number of hydrogen-bond donors (Lipinski definition) is 2. The van der Waals surface area contributed by atoms with Crippen molar-refractivity contribution in [1.82, 2.24) is 0 Å². The van der Waals surface area contributed by atoms with Crippen LogP contribution in [0, 0.1) is 6.92 Å². The molecule has 1 heterocycles. The van der Waals surface area contributed by atoms with Crippen molar-refractivity contribution in [2.45, 2.75) is 26.2 Å². The second kappa shape index (κ2) is 6.02. The Morgan fingerprint density at radius 2 is 1.95 bits per heavy atom. The molecule has 0 saturated carbocycles. The highest BCUT2D eigenvalue weighted by Crippen LogP contribution is 2.26. The van der Waals surface area contributed by atoms with Crippen molar-refractivity contribution in [1.29, 1.82) is 0 Å². The van der Waals surface area contributed by atoms with Crippen LogP contribution >= 0.6 is 0 Å². The number of amides is 2. The average molecular weight is 294 g/mol. The first-order chi connectivity index (χ1) is 10.6. The molecule has 0 unspecified atom stereocenters. The average Bonchev–Trinajstić information content (AvgIpc) is 2.86. The van der Waals surface area contributed by atoms with Crippen LogP contribution in [0.15, 0.2) is 42.5 Å². The van der Waals surface area contributed by atoms with Crippen LogP contribution < -0.4 is 10.6 Å². The standard InChI is InChI=1S/C18H18N2O2/c1-12-2-4-13(5-3-12)6-9-17(21)19-15-7-8-16-14(10-15)11-18(22)20-16/h2-5,7-8,10H,6,9,11H2,1H3,(H,19,21)(H,20,22). The van der Waals surface area contributed by atoms with Crippen molar-refractivity contribution < 1.29 is 9.59 Å². The number of nitrogens with one attached hydrogen (secondary N) is 2. The first-order valence-electron chi connectivity index (χ1n) is 7.38. The van der Waals surface area contributed by atoms with Crippen LogP contribution in [0.25, 0.3) is 0 Å². The Morgan fingerprint density at radius 3 is 2.73 bits per heavy atom. The minimum Gasteiger partial charge on any atom is -0.326 e. The largest absolute Gasteiger partial charge is 0.326 e. The fourth-order valence-corrected chi connectivity index (χ4v) is 2.54. The van der Waals surface area contributed by atoms with Crippen molar-refractivity contribution in [2.75, 3.05) is 10.6 Å². The lowest BCUT2D eigenvalue weighted by atomic mass is 10.1. The van der Waals surface area contributed by atoms with E-state index < -0.39 is 0 Å². The van der Waals surface area contributed by atoms with Crippen LogP contribution in [0.3, 0.4) is 0 Å². The summed E-state index contributed by atoms with van der Waals surface area (Å²) >= 11 is 0. The smallest absolute Gasteiger partial charge is 0.228 e. The van der Waals surface area contributed by atoms with Crippen molar-refractivity contribution in [2.24, 2.45) is 0 Å². The zero-order valence-electron chi connectivity index (χ0n) is 12.5. The molecule has 0 aromatic heterocycles. The number of aryl methyl sites for hydroxylation is 2. The highest BCUT2D eigenvalue weighted by atomic mass is 16.2. The number of hydrogen-bond acceptors (Lipinski definition) is 2. The molecular weight excluding hydrogens is 276 g/mol. The molecule has 2 aromatic rings. The highest BCUT2D eigenvalue weighted by molar-refractivity contribution is 6.00. The van der Waals surface area contributed by atoms with E-state index in [9.17, 15) is 9.59 Å². The van der Waals surface area contributed by atoms with Gasteiger partial charge in [0.2, 0.25) is 11.8 Å². The quantitative estimate of drug-likeness (QED) is 0.910. The first kappa shape index (κ1) is 14.3. The molecule has 112 valence electrons. The van der Waals surface area contributed by atoms with E-state index in [1.54, 1.807) is 0 Å². The van der Waals surface area contributed by atoms with E-state index in [0.29, 0.717) is 12.8 Å². The first-order valence-corrected chi connectivity index (χ1v) is 7.38. The molecule has 0 fully saturated rings. The SMILES string of the molecule is Cc1ccc(CCC(=O)Nc2ccc3c(c2)CC(=O)N3)cc1. The Morgan fingerprint density at radius 1 is 1.18 bits per heavy atom. The van der Waals surface area contributed by atoms with Crippen molar-refractivity contribution in [3.05, 3.63) is 59.2 Å². The Kier molecular flexibility index (Phi) is 3.92. The molecule has 2 N–H and O–H groups in total. The number of rotatable bonds is 4. The van der Waals surface area contributed by atoms with Crippen LogP contribution in [0.4, 0.5) is 11.4 Å². The molecule has 2 amide bonds. The number of benzene rings is 2. The molecule has 0 aliphatic carbocycles. The summed E-state index contributed by atoms with van der Waals surface area (Å²) in [5, 5.41) is 5.67. The fourth-order valence-electron chi connectivity index (χ4n) is 2.54. The Bertz CT molecular complexity index is 720. The zero-order chi connectivity index (χ0) is 15.5. The van der Waals surface area contributed by atoms with Gasteiger partial charge in [-0.1, -0.05) is 29.8 Å². The minimum atomic E-state index is -0.0159. The van der Waals surface area contributed by atoms with Gasteiger partial charge in [-0.3, -0.25) is 9.59 Å². The maximum atomic E-state index is 12.0. The normalized spacial score (nSPS) is 12.7. The summed E-state index contributed by atoms with van der Waals surface area (Å²) in [7, 11) is 0. The summed E-state index contributed by atoms with van der Waals surface area (Å²) in [6, 6.07) is 13.7. The topological polar surface area (TPSA) is 58.2 Å². The molecule has 0 bridgehead atoms. The van der Waals surface area contributed by atoms with E-state index in [2.05, 4.69) is 34.9 Å². The van der Waals surface area contributed by atoms with Gasteiger partial charge in [0.05, 0.1) is 6.42 Å². The van der Waals surface area contributed by atoms with Gasteiger partial charge < -0.3 is 10.6 Å². The molecule has 3 rings (SSSR count). The minimum absolute atomic E-state index is 0.00199. The Hall–Kier alpha value is -2.62. The van der Waals surface area contributed by atoms with Crippen molar-refractivity contribution in [3.8, 4) is 0 Å². The molecule has 0 saturated heterocycles. The van der Waals surface area contributed by atoms with E-state index in [4.69, 9.17) is 0 Å². The molecule has 0 spiro atoms. The predicted molar refractivity (Wildman–Crippen MR) is 86.9 cm³/mol. The third kappa shape index (κ3) is 3.34. The van der Waals surface area contributed by atoms with Gasteiger partial charge in [-0.2, -0.15) is 0 Å². The fraction of sp³-hybridized carbons (Fsp3) is 0.222. The number of anilines is 2. The molecular formula is C18H18N2O2. The van der Waals surface area contributed by atoms with Gasteiger partial charge in [0.15, 0.2) is 0 Å².